The Balaban J connectivity index is 2.11. The number of hydrogen-bond acceptors (Lipinski definition) is 6. The molecule has 7 nitrogen and oxygen atoms in total. The second kappa shape index (κ2) is 8.75. The van der Waals surface area contributed by atoms with Crippen molar-refractivity contribution in [3.05, 3.63) is 24.3 Å². The molecule has 8 heteroatoms. The minimum atomic E-state index is -0.593. The second-order valence-corrected chi connectivity index (χ2v) is 7.38. The van der Waals surface area contributed by atoms with Crippen molar-refractivity contribution in [3.8, 4) is 10.6 Å². The molecule has 0 aliphatic carbocycles. The van der Waals surface area contributed by atoms with E-state index in [0.717, 1.165) is 22.7 Å². The highest BCUT2D eigenvalue weighted by molar-refractivity contribution is 7.18. The van der Waals surface area contributed by atoms with Crippen LogP contribution in [0.25, 0.3) is 10.6 Å². The van der Waals surface area contributed by atoms with Crippen LogP contribution in [0.1, 0.15) is 27.2 Å². The quantitative estimate of drug-likeness (QED) is 0.777. The smallest absolute Gasteiger partial charge is 0.249 e. The molecule has 0 spiro atoms. The van der Waals surface area contributed by atoms with Crippen LogP contribution in [0.3, 0.4) is 0 Å². The zero-order valence-electron chi connectivity index (χ0n) is 15.7. The van der Waals surface area contributed by atoms with E-state index < -0.39 is 6.04 Å². The van der Waals surface area contributed by atoms with Crippen molar-refractivity contribution in [2.75, 3.05) is 24.3 Å². The summed E-state index contributed by atoms with van der Waals surface area (Å²) in [4.78, 5) is 25.9. The normalized spacial score (nSPS) is 13.0. The van der Waals surface area contributed by atoms with Gasteiger partial charge in [-0.05, 0) is 30.2 Å². The van der Waals surface area contributed by atoms with Crippen LogP contribution < -0.4 is 15.5 Å². The topological polar surface area (TPSA) is 87.2 Å². The maximum Gasteiger partial charge on any atom is 0.249 e. The molecule has 0 saturated heterocycles. The predicted molar refractivity (Wildman–Crippen MR) is 105 cm³/mol. The van der Waals surface area contributed by atoms with Crippen molar-refractivity contribution >= 4 is 34.0 Å². The SMILES string of the molecule is CC[C@@H](C)[C@H](NC(C)=O)C(=O)Nc1nnc(-c2ccc(N(C)C)cc2)s1. The number of aromatic nitrogens is 2. The first kappa shape index (κ1) is 19.8. The number of benzene rings is 1. The third kappa shape index (κ3) is 5.01. The maximum atomic E-state index is 12.5. The first-order chi connectivity index (χ1) is 12.3. The summed E-state index contributed by atoms with van der Waals surface area (Å²) in [6.45, 7) is 5.31. The molecule has 0 aliphatic rings. The fraction of sp³-hybridized carbons (Fsp3) is 0.444. The Bertz CT molecular complexity index is 757. The molecular weight excluding hydrogens is 350 g/mol. The predicted octanol–water partition coefficient (Wildman–Crippen LogP) is 2.76. The van der Waals surface area contributed by atoms with Gasteiger partial charge in [-0.3, -0.25) is 14.9 Å². The van der Waals surface area contributed by atoms with E-state index in [9.17, 15) is 9.59 Å². The fourth-order valence-corrected chi connectivity index (χ4v) is 3.15. The average Bonchev–Trinajstić information content (AvgIpc) is 3.07. The first-order valence-corrected chi connectivity index (χ1v) is 9.32. The molecule has 140 valence electrons. The Morgan fingerprint density at radius 3 is 2.38 bits per heavy atom. The summed E-state index contributed by atoms with van der Waals surface area (Å²) in [5.41, 5.74) is 2.03. The van der Waals surface area contributed by atoms with Gasteiger partial charge in [0.1, 0.15) is 11.0 Å². The molecule has 26 heavy (non-hydrogen) atoms. The zero-order valence-corrected chi connectivity index (χ0v) is 16.6. The molecule has 2 amide bonds. The van der Waals surface area contributed by atoms with Gasteiger partial charge in [0.25, 0.3) is 0 Å². The van der Waals surface area contributed by atoms with E-state index in [1.54, 1.807) is 0 Å². The molecule has 2 N–H and O–H groups in total. The van der Waals surface area contributed by atoms with E-state index in [4.69, 9.17) is 0 Å². The van der Waals surface area contributed by atoms with Crippen LogP contribution in [0.2, 0.25) is 0 Å². The fourth-order valence-electron chi connectivity index (χ4n) is 2.40. The summed E-state index contributed by atoms with van der Waals surface area (Å²) in [6, 6.07) is 7.36. The number of amides is 2. The molecule has 0 bridgehead atoms. The molecule has 0 radical (unpaired) electrons. The van der Waals surface area contributed by atoms with Crippen molar-refractivity contribution in [2.45, 2.75) is 33.2 Å². The van der Waals surface area contributed by atoms with Gasteiger partial charge in [-0.15, -0.1) is 10.2 Å². The lowest BCUT2D eigenvalue weighted by Gasteiger charge is -2.22. The molecule has 2 atom stereocenters. The van der Waals surface area contributed by atoms with Crippen LogP contribution in [0.15, 0.2) is 24.3 Å². The largest absolute Gasteiger partial charge is 0.378 e. The number of nitrogens with zero attached hydrogens (tertiary/aromatic N) is 3. The number of carbonyl (C=O) groups is 2. The van der Waals surface area contributed by atoms with Crippen LogP contribution in [0.4, 0.5) is 10.8 Å². The minimum absolute atomic E-state index is 0.0184. The van der Waals surface area contributed by atoms with E-state index in [1.807, 2.05) is 57.1 Å². The van der Waals surface area contributed by atoms with Crippen LogP contribution in [-0.4, -0.2) is 42.1 Å². The Kier molecular flexibility index (Phi) is 6.68. The molecule has 1 aromatic heterocycles. The van der Waals surface area contributed by atoms with E-state index in [0.29, 0.717) is 5.13 Å². The third-order valence-electron chi connectivity index (χ3n) is 4.14. The second-order valence-electron chi connectivity index (χ2n) is 6.41. The van der Waals surface area contributed by atoms with Crippen molar-refractivity contribution < 1.29 is 9.59 Å². The third-order valence-corrected chi connectivity index (χ3v) is 5.03. The van der Waals surface area contributed by atoms with E-state index in [1.165, 1.54) is 18.3 Å². The number of anilines is 2. The van der Waals surface area contributed by atoms with Gasteiger partial charge in [0.15, 0.2) is 0 Å². The van der Waals surface area contributed by atoms with Crippen molar-refractivity contribution in [1.29, 1.82) is 0 Å². The molecule has 0 aliphatic heterocycles. The summed E-state index contributed by atoms with van der Waals surface area (Å²) in [5.74, 6) is -0.491. The first-order valence-electron chi connectivity index (χ1n) is 8.51. The molecule has 0 unspecified atom stereocenters. The standard InChI is InChI=1S/C18H25N5O2S/c1-6-11(2)15(19-12(3)24)16(25)20-18-22-21-17(26-18)13-7-9-14(10-8-13)23(4)5/h7-11,15H,6H2,1-5H3,(H,19,24)(H,20,22,25)/t11-,15+/m1/s1. The van der Waals surface area contributed by atoms with Gasteiger partial charge in [0.2, 0.25) is 16.9 Å². The molecule has 2 aromatic rings. The number of hydrogen-bond donors (Lipinski definition) is 2. The van der Waals surface area contributed by atoms with Gasteiger partial charge in [0.05, 0.1) is 0 Å². The summed E-state index contributed by atoms with van der Waals surface area (Å²) >= 11 is 1.30. The zero-order chi connectivity index (χ0) is 19.3. The van der Waals surface area contributed by atoms with Gasteiger partial charge in [-0.2, -0.15) is 0 Å². The minimum Gasteiger partial charge on any atom is -0.378 e. The number of rotatable bonds is 7. The molecule has 2 rings (SSSR count). The average molecular weight is 375 g/mol. The van der Waals surface area contributed by atoms with Crippen LogP contribution in [0.5, 0.6) is 0 Å². The number of nitrogens with one attached hydrogen (secondary N) is 2. The van der Waals surface area contributed by atoms with Gasteiger partial charge < -0.3 is 10.2 Å². The van der Waals surface area contributed by atoms with E-state index in [-0.39, 0.29) is 17.7 Å². The van der Waals surface area contributed by atoms with E-state index in [2.05, 4.69) is 20.8 Å². The van der Waals surface area contributed by atoms with E-state index >= 15 is 0 Å². The lowest BCUT2D eigenvalue weighted by Crippen LogP contribution is -2.46. The number of carbonyl (C=O) groups excluding carboxylic acids is 2. The molecule has 0 fully saturated rings. The van der Waals surface area contributed by atoms with Gasteiger partial charge in [-0.1, -0.05) is 31.6 Å². The van der Waals surface area contributed by atoms with Gasteiger partial charge in [0, 0.05) is 32.3 Å². The van der Waals surface area contributed by atoms with Crippen molar-refractivity contribution in [3.63, 3.8) is 0 Å². The highest BCUT2D eigenvalue weighted by atomic mass is 32.1. The summed E-state index contributed by atoms with van der Waals surface area (Å²) in [7, 11) is 3.97. The van der Waals surface area contributed by atoms with Crippen molar-refractivity contribution in [2.24, 2.45) is 5.92 Å². The molecule has 0 saturated carbocycles. The van der Waals surface area contributed by atoms with Gasteiger partial charge >= 0.3 is 0 Å². The van der Waals surface area contributed by atoms with Crippen LogP contribution in [-0.2, 0) is 9.59 Å². The van der Waals surface area contributed by atoms with Gasteiger partial charge in [-0.25, -0.2) is 0 Å². The lowest BCUT2D eigenvalue weighted by molar-refractivity contribution is -0.126. The highest BCUT2D eigenvalue weighted by Crippen LogP contribution is 2.28. The summed E-state index contributed by atoms with van der Waals surface area (Å²) in [6.07, 6.45) is 0.776. The van der Waals surface area contributed by atoms with Crippen LogP contribution >= 0.6 is 11.3 Å². The summed E-state index contributed by atoms with van der Waals surface area (Å²) in [5, 5.41) is 14.8. The Morgan fingerprint density at radius 1 is 1.19 bits per heavy atom. The maximum absolute atomic E-state index is 12.5. The Hall–Kier alpha value is -2.48. The monoisotopic (exact) mass is 375 g/mol. The Labute approximate surface area is 157 Å². The Morgan fingerprint density at radius 2 is 1.85 bits per heavy atom. The van der Waals surface area contributed by atoms with Crippen LogP contribution in [0, 0.1) is 5.92 Å². The molecule has 1 aromatic carbocycles. The molecule has 1 heterocycles. The molecular formula is C18H25N5O2S. The summed E-state index contributed by atoms with van der Waals surface area (Å²) < 4.78 is 0. The van der Waals surface area contributed by atoms with Crippen molar-refractivity contribution in [1.82, 2.24) is 15.5 Å². The highest BCUT2D eigenvalue weighted by Gasteiger charge is 2.25. The lowest BCUT2D eigenvalue weighted by atomic mass is 9.98.